The summed E-state index contributed by atoms with van der Waals surface area (Å²) in [5, 5.41) is 5.73. The molecular formula is C21H14Cl2F3N3O3. The monoisotopic (exact) mass is 483 g/mol. The number of rotatable bonds is 6. The van der Waals surface area contributed by atoms with E-state index in [1.165, 1.54) is 48.7 Å². The minimum atomic E-state index is -4.52. The topological polar surface area (TPSA) is 80.3 Å². The average molecular weight is 484 g/mol. The third-order valence-corrected chi connectivity index (χ3v) is 4.57. The molecule has 0 aliphatic carbocycles. The molecule has 6 nitrogen and oxygen atoms in total. The maximum absolute atomic E-state index is 12.9. The Morgan fingerprint density at radius 2 is 1.81 bits per heavy atom. The van der Waals surface area contributed by atoms with Gasteiger partial charge in [0.15, 0.2) is 6.61 Å². The number of pyridine rings is 1. The van der Waals surface area contributed by atoms with Crippen LogP contribution in [0.5, 0.6) is 0 Å². The summed E-state index contributed by atoms with van der Waals surface area (Å²) >= 11 is 11.8. The van der Waals surface area contributed by atoms with Crippen LogP contribution in [0.4, 0.5) is 30.4 Å². The Hall–Kier alpha value is -3.30. The number of esters is 1. The van der Waals surface area contributed by atoms with Crippen molar-refractivity contribution in [3.8, 4) is 0 Å². The van der Waals surface area contributed by atoms with Crippen LogP contribution in [0.3, 0.4) is 0 Å². The molecule has 0 spiro atoms. The number of nitrogens with one attached hydrogen (secondary N) is 2. The molecular weight excluding hydrogens is 470 g/mol. The molecule has 3 rings (SSSR count). The van der Waals surface area contributed by atoms with E-state index >= 15 is 0 Å². The number of nitrogens with zero attached hydrogens (tertiary/aromatic N) is 1. The Balaban J connectivity index is 1.67. The van der Waals surface area contributed by atoms with Gasteiger partial charge in [-0.1, -0.05) is 29.3 Å². The second kappa shape index (κ2) is 9.88. The molecule has 0 aliphatic rings. The average Bonchev–Trinajstić information content (AvgIpc) is 2.74. The van der Waals surface area contributed by atoms with E-state index in [0.29, 0.717) is 5.02 Å². The Kier molecular flexibility index (Phi) is 7.22. The maximum atomic E-state index is 12.9. The van der Waals surface area contributed by atoms with E-state index in [2.05, 4.69) is 15.6 Å². The van der Waals surface area contributed by atoms with E-state index in [4.69, 9.17) is 27.9 Å². The summed E-state index contributed by atoms with van der Waals surface area (Å²) in [6.45, 7) is -0.629. The minimum absolute atomic E-state index is 0.0296. The van der Waals surface area contributed by atoms with Crippen molar-refractivity contribution in [2.75, 3.05) is 17.2 Å². The van der Waals surface area contributed by atoms with Crippen molar-refractivity contribution >= 4 is 52.3 Å². The van der Waals surface area contributed by atoms with Crippen LogP contribution in [0.2, 0.25) is 10.0 Å². The largest absolute Gasteiger partial charge is 0.452 e. The van der Waals surface area contributed by atoms with Gasteiger partial charge in [-0.25, -0.2) is 9.78 Å². The zero-order chi connectivity index (χ0) is 23.3. The van der Waals surface area contributed by atoms with E-state index in [9.17, 15) is 22.8 Å². The van der Waals surface area contributed by atoms with Crippen molar-refractivity contribution in [1.29, 1.82) is 0 Å². The summed E-state index contributed by atoms with van der Waals surface area (Å²) in [4.78, 5) is 28.5. The van der Waals surface area contributed by atoms with Gasteiger partial charge in [0.25, 0.3) is 5.91 Å². The van der Waals surface area contributed by atoms with Gasteiger partial charge in [-0.2, -0.15) is 13.2 Å². The molecule has 0 saturated carbocycles. The molecule has 1 amide bonds. The number of amides is 1. The van der Waals surface area contributed by atoms with Crippen LogP contribution in [0.25, 0.3) is 0 Å². The normalized spacial score (nSPS) is 11.0. The van der Waals surface area contributed by atoms with Crippen molar-refractivity contribution < 1.29 is 27.5 Å². The molecule has 32 heavy (non-hydrogen) atoms. The van der Waals surface area contributed by atoms with Gasteiger partial charge in [-0.15, -0.1) is 0 Å². The summed E-state index contributed by atoms with van der Waals surface area (Å²) in [5.74, 6) is -1.58. The number of ether oxygens (including phenoxy) is 1. The first kappa shape index (κ1) is 23.4. The zero-order valence-corrected chi connectivity index (χ0v) is 17.6. The Labute approximate surface area is 190 Å². The predicted octanol–water partition coefficient (Wildman–Crippen LogP) is 5.95. The van der Waals surface area contributed by atoms with Crippen molar-refractivity contribution in [2.24, 2.45) is 0 Å². The number of hydrogen-bond acceptors (Lipinski definition) is 5. The molecule has 0 unspecified atom stereocenters. The number of aromatic nitrogens is 1. The lowest BCUT2D eigenvalue weighted by Gasteiger charge is -2.13. The standard InChI is InChI=1S/C21H14Cl2F3N3O3/c22-13-6-7-17(16(23)10-13)29-18(30)11-32-20(31)15-5-2-8-27-19(15)28-14-4-1-3-12(9-14)21(24,25)26/h1-10H,11H2,(H,27,28)(H,29,30). The Bertz CT molecular complexity index is 1160. The van der Waals surface area contributed by atoms with E-state index in [-0.39, 0.29) is 27.8 Å². The van der Waals surface area contributed by atoms with Gasteiger partial charge >= 0.3 is 12.1 Å². The number of hydrogen-bond donors (Lipinski definition) is 2. The van der Waals surface area contributed by atoms with E-state index in [0.717, 1.165) is 12.1 Å². The first-order valence-electron chi connectivity index (χ1n) is 8.95. The second-order valence-corrected chi connectivity index (χ2v) is 7.20. The third kappa shape index (κ3) is 6.12. The first-order chi connectivity index (χ1) is 15.1. The quantitative estimate of drug-likeness (QED) is 0.423. The smallest absolute Gasteiger partial charge is 0.416 e. The van der Waals surface area contributed by atoms with Gasteiger partial charge in [0.05, 0.1) is 16.3 Å². The first-order valence-corrected chi connectivity index (χ1v) is 9.70. The molecule has 0 atom stereocenters. The van der Waals surface area contributed by atoms with Gasteiger partial charge in [-0.05, 0) is 48.5 Å². The molecule has 0 aliphatic heterocycles. The van der Waals surface area contributed by atoms with Crippen LogP contribution in [0.1, 0.15) is 15.9 Å². The van der Waals surface area contributed by atoms with Gasteiger partial charge in [0, 0.05) is 16.9 Å². The highest BCUT2D eigenvalue weighted by Crippen LogP contribution is 2.31. The van der Waals surface area contributed by atoms with Crippen molar-refractivity contribution in [2.45, 2.75) is 6.18 Å². The molecule has 3 aromatic rings. The van der Waals surface area contributed by atoms with E-state index < -0.39 is 30.2 Å². The highest BCUT2D eigenvalue weighted by molar-refractivity contribution is 6.36. The van der Waals surface area contributed by atoms with Crippen LogP contribution in [-0.4, -0.2) is 23.5 Å². The van der Waals surface area contributed by atoms with Gasteiger partial charge in [0.2, 0.25) is 0 Å². The summed E-state index contributed by atoms with van der Waals surface area (Å²) in [5.41, 5.74) is -0.574. The van der Waals surface area contributed by atoms with Crippen LogP contribution in [0.15, 0.2) is 60.8 Å². The molecule has 2 aromatic carbocycles. The lowest BCUT2D eigenvalue weighted by molar-refractivity contribution is -0.137. The summed E-state index contributed by atoms with van der Waals surface area (Å²) in [7, 11) is 0. The van der Waals surface area contributed by atoms with Crippen LogP contribution >= 0.6 is 23.2 Å². The number of halogens is 5. The molecule has 166 valence electrons. The minimum Gasteiger partial charge on any atom is -0.452 e. The second-order valence-electron chi connectivity index (χ2n) is 6.35. The van der Waals surface area contributed by atoms with Gasteiger partial charge in [0.1, 0.15) is 11.4 Å². The molecule has 0 radical (unpaired) electrons. The number of carbonyl (C=O) groups is 2. The highest BCUT2D eigenvalue weighted by Gasteiger charge is 2.30. The lowest BCUT2D eigenvalue weighted by atomic mass is 10.2. The lowest BCUT2D eigenvalue weighted by Crippen LogP contribution is -2.21. The van der Waals surface area contributed by atoms with Crippen molar-refractivity contribution in [3.63, 3.8) is 0 Å². The van der Waals surface area contributed by atoms with E-state index in [1.807, 2.05) is 0 Å². The summed E-state index contributed by atoms with van der Waals surface area (Å²) < 4.78 is 43.8. The summed E-state index contributed by atoms with van der Waals surface area (Å²) in [6, 6.07) is 11.7. The SMILES string of the molecule is O=C(COC(=O)c1cccnc1Nc1cccc(C(F)(F)F)c1)Nc1ccc(Cl)cc1Cl. The molecule has 0 bridgehead atoms. The fourth-order valence-corrected chi connectivity index (χ4v) is 3.02. The van der Waals surface area contributed by atoms with Crippen LogP contribution in [0, 0.1) is 0 Å². The van der Waals surface area contributed by atoms with Crippen LogP contribution in [-0.2, 0) is 15.7 Å². The zero-order valence-electron chi connectivity index (χ0n) is 16.0. The number of benzene rings is 2. The molecule has 2 N–H and O–H groups in total. The Morgan fingerprint density at radius 3 is 2.53 bits per heavy atom. The molecule has 1 aromatic heterocycles. The van der Waals surface area contributed by atoms with Gasteiger partial charge in [-0.3, -0.25) is 4.79 Å². The molecule has 0 saturated heterocycles. The Morgan fingerprint density at radius 1 is 1.03 bits per heavy atom. The fraction of sp³-hybridized carbons (Fsp3) is 0.0952. The number of anilines is 3. The van der Waals surface area contributed by atoms with Crippen molar-refractivity contribution in [1.82, 2.24) is 4.98 Å². The van der Waals surface area contributed by atoms with Gasteiger partial charge < -0.3 is 15.4 Å². The van der Waals surface area contributed by atoms with Crippen molar-refractivity contribution in [3.05, 3.63) is 82.0 Å². The third-order valence-electron chi connectivity index (χ3n) is 4.02. The number of alkyl halides is 3. The fourth-order valence-electron chi connectivity index (χ4n) is 2.57. The van der Waals surface area contributed by atoms with E-state index in [1.54, 1.807) is 0 Å². The molecule has 11 heteroatoms. The predicted molar refractivity (Wildman–Crippen MR) is 114 cm³/mol. The molecule has 0 fully saturated rings. The maximum Gasteiger partial charge on any atom is 0.416 e. The van der Waals surface area contributed by atoms with Crippen LogP contribution < -0.4 is 10.6 Å². The number of carbonyl (C=O) groups excluding carboxylic acids is 2. The highest BCUT2D eigenvalue weighted by atomic mass is 35.5. The molecule has 1 heterocycles. The summed E-state index contributed by atoms with van der Waals surface area (Å²) in [6.07, 6.45) is -3.17.